The van der Waals surface area contributed by atoms with Gasteiger partial charge in [-0.3, -0.25) is 0 Å². The van der Waals surface area contributed by atoms with Crippen molar-refractivity contribution < 1.29 is 8.42 Å². The fraction of sp³-hybridized carbons (Fsp3) is 0.625. The maximum absolute atomic E-state index is 12.5. The zero-order chi connectivity index (χ0) is 15.3. The van der Waals surface area contributed by atoms with Crippen molar-refractivity contribution in [2.75, 3.05) is 12.8 Å². The molecule has 0 saturated carbocycles. The molecule has 0 fully saturated rings. The molecule has 3 nitrogen and oxygen atoms in total. The molecule has 0 aliphatic carbocycles. The molecular weight excluding hydrogens is 270 g/mol. The number of hydrogen-bond acceptors (Lipinski definition) is 3. The number of aryl methyl sites for hydroxylation is 1. The molecule has 4 heteroatoms. The van der Waals surface area contributed by atoms with E-state index in [0.29, 0.717) is 0 Å². The van der Waals surface area contributed by atoms with E-state index in [0.717, 1.165) is 12.0 Å². The molecular formula is C16H27NO2S. The minimum atomic E-state index is -3.10. The number of hydrogen-bond donors (Lipinski definition) is 1. The predicted octanol–water partition coefficient (Wildman–Crippen LogP) is 3.10. The molecule has 114 valence electrons. The van der Waals surface area contributed by atoms with Crippen LogP contribution in [0.25, 0.3) is 0 Å². The third kappa shape index (κ3) is 4.32. The quantitative estimate of drug-likeness (QED) is 0.841. The van der Waals surface area contributed by atoms with Crippen LogP contribution in [-0.4, -0.2) is 26.5 Å². The van der Waals surface area contributed by atoms with Crippen LogP contribution in [0.15, 0.2) is 24.3 Å². The molecule has 1 aromatic carbocycles. The van der Waals surface area contributed by atoms with Crippen LogP contribution >= 0.6 is 0 Å². The van der Waals surface area contributed by atoms with Gasteiger partial charge >= 0.3 is 0 Å². The summed E-state index contributed by atoms with van der Waals surface area (Å²) in [7, 11) is -1.28. The van der Waals surface area contributed by atoms with Crippen LogP contribution in [0.4, 0.5) is 0 Å². The zero-order valence-electron chi connectivity index (χ0n) is 13.2. The standard InChI is InChI=1S/C16H27NO2S/c1-6-12(2)11-20(18,19)14(4)16(17-5)15-9-7-13(3)8-10-15/h7-10,12,14,16-17H,6,11H2,1-5H3. The summed E-state index contributed by atoms with van der Waals surface area (Å²) in [6, 6.07) is 7.89. The molecule has 0 aliphatic rings. The van der Waals surface area contributed by atoms with Crippen LogP contribution < -0.4 is 5.32 Å². The van der Waals surface area contributed by atoms with E-state index in [1.54, 1.807) is 6.92 Å². The summed E-state index contributed by atoms with van der Waals surface area (Å²) >= 11 is 0. The van der Waals surface area contributed by atoms with E-state index in [1.165, 1.54) is 5.56 Å². The first-order chi connectivity index (χ1) is 9.31. The van der Waals surface area contributed by atoms with Crippen molar-refractivity contribution in [3.8, 4) is 0 Å². The van der Waals surface area contributed by atoms with Gasteiger partial charge in [-0.1, -0.05) is 50.1 Å². The normalized spacial score (nSPS) is 16.6. The Balaban J connectivity index is 2.97. The third-order valence-corrected chi connectivity index (χ3v) is 6.44. The number of benzene rings is 1. The number of rotatable bonds is 7. The maximum Gasteiger partial charge on any atom is 0.155 e. The fourth-order valence-electron chi connectivity index (χ4n) is 2.32. The summed E-state index contributed by atoms with van der Waals surface area (Å²) in [4.78, 5) is 0. The highest BCUT2D eigenvalue weighted by molar-refractivity contribution is 7.92. The van der Waals surface area contributed by atoms with E-state index in [9.17, 15) is 8.42 Å². The van der Waals surface area contributed by atoms with Crippen LogP contribution in [0.2, 0.25) is 0 Å². The highest BCUT2D eigenvalue weighted by Crippen LogP contribution is 2.24. The molecule has 1 aromatic rings. The average Bonchev–Trinajstić information content (AvgIpc) is 2.41. The molecule has 0 aliphatic heterocycles. The molecule has 0 saturated heterocycles. The molecule has 0 radical (unpaired) electrons. The number of nitrogens with one attached hydrogen (secondary N) is 1. The van der Waals surface area contributed by atoms with Gasteiger partial charge in [-0.25, -0.2) is 8.42 Å². The second-order valence-electron chi connectivity index (χ2n) is 5.73. The van der Waals surface area contributed by atoms with Crippen molar-refractivity contribution in [2.24, 2.45) is 5.92 Å². The summed E-state index contributed by atoms with van der Waals surface area (Å²) in [6.45, 7) is 7.85. The first-order valence-corrected chi connectivity index (χ1v) is 8.98. The van der Waals surface area contributed by atoms with Crippen molar-refractivity contribution >= 4 is 9.84 Å². The lowest BCUT2D eigenvalue weighted by atomic mass is 10.0. The van der Waals surface area contributed by atoms with Crippen LogP contribution in [-0.2, 0) is 9.84 Å². The zero-order valence-corrected chi connectivity index (χ0v) is 14.0. The molecule has 0 bridgehead atoms. The number of sulfone groups is 1. The van der Waals surface area contributed by atoms with Crippen LogP contribution in [0.3, 0.4) is 0 Å². The molecule has 0 amide bonds. The minimum Gasteiger partial charge on any atom is -0.312 e. The van der Waals surface area contributed by atoms with E-state index >= 15 is 0 Å². The molecule has 3 atom stereocenters. The molecule has 0 aromatic heterocycles. The van der Waals surface area contributed by atoms with Crippen LogP contribution in [0.5, 0.6) is 0 Å². The first-order valence-electron chi connectivity index (χ1n) is 7.27. The summed E-state index contributed by atoms with van der Waals surface area (Å²) in [5.41, 5.74) is 2.21. The van der Waals surface area contributed by atoms with Gasteiger partial charge in [-0.05, 0) is 32.4 Å². The van der Waals surface area contributed by atoms with Crippen molar-refractivity contribution in [2.45, 2.75) is 45.4 Å². The van der Waals surface area contributed by atoms with Crippen molar-refractivity contribution in [3.05, 3.63) is 35.4 Å². The summed E-state index contributed by atoms with van der Waals surface area (Å²) in [5, 5.41) is 2.73. The Bertz CT molecular complexity index is 508. The summed E-state index contributed by atoms with van der Waals surface area (Å²) < 4.78 is 25.0. The van der Waals surface area contributed by atoms with Gasteiger partial charge in [0.05, 0.1) is 11.0 Å². The van der Waals surface area contributed by atoms with Gasteiger partial charge in [0, 0.05) is 6.04 Å². The van der Waals surface area contributed by atoms with E-state index in [4.69, 9.17) is 0 Å². The lowest BCUT2D eigenvalue weighted by molar-refractivity contribution is 0.516. The molecule has 1 N–H and O–H groups in total. The SMILES string of the molecule is CCC(C)CS(=O)(=O)C(C)C(NC)c1ccc(C)cc1. The van der Waals surface area contributed by atoms with E-state index in [-0.39, 0.29) is 17.7 Å². The Labute approximate surface area is 123 Å². The second kappa shape index (κ2) is 7.23. The highest BCUT2D eigenvalue weighted by Gasteiger charge is 2.30. The Morgan fingerprint density at radius 3 is 2.15 bits per heavy atom. The fourth-order valence-corrected chi connectivity index (χ4v) is 4.36. The minimum absolute atomic E-state index is 0.162. The smallest absolute Gasteiger partial charge is 0.155 e. The Hall–Kier alpha value is -0.870. The second-order valence-corrected chi connectivity index (χ2v) is 8.13. The Morgan fingerprint density at radius 2 is 1.70 bits per heavy atom. The van der Waals surface area contributed by atoms with Gasteiger partial charge in [0.15, 0.2) is 9.84 Å². The highest BCUT2D eigenvalue weighted by atomic mass is 32.2. The van der Waals surface area contributed by atoms with Gasteiger partial charge in [0.25, 0.3) is 0 Å². The Kier molecular flexibility index (Phi) is 6.21. The average molecular weight is 297 g/mol. The molecule has 3 unspecified atom stereocenters. The van der Waals surface area contributed by atoms with Gasteiger partial charge in [0.1, 0.15) is 0 Å². The van der Waals surface area contributed by atoms with Crippen molar-refractivity contribution in [1.29, 1.82) is 0 Å². The van der Waals surface area contributed by atoms with Crippen molar-refractivity contribution in [3.63, 3.8) is 0 Å². The van der Waals surface area contributed by atoms with Crippen molar-refractivity contribution in [1.82, 2.24) is 5.32 Å². The monoisotopic (exact) mass is 297 g/mol. The topological polar surface area (TPSA) is 46.2 Å². The van der Waals surface area contributed by atoms with Gasteiger partial charge < -0.3 is 5.32 Å². The van der Waals surface area contributed by atoms with Gasteiger partial charge in [0.2, 0.25) is 0 Å². The third-order valence-electron chi connectivity index (χ3n) is 4.00. The lowest BCUT2D eigenvalue weighted by Gasteiger charge is -2.25. The van der Waals surface area contributed by atoms with Crippen LogP contribution in [0, 0.1) is 12.8 Å². The van der Waals surface area contributed by atoms with E-state index in [2.05, 4.69) is 5.32 Å². The molecule has 0 spiro atoms. The predicted molar refractivity (Wildman–Crippen MR) is 85.7 cm³/mol. The molecule has 0 heterocycles. The van der Waals surface area contributed by atoms with Gasteiger partial charge in [-0.15, -0.1) is 0 Å². The summed E-state index contributed by atoms with van der Waals surface area (Å²) in [5.74, 6) is 0.465. The molecule has 20 heavy (non-hydrogen) atoms. The molecule has 1 rings (SSSR count). The van der Waals surface area contributed by atoms with E-state index in [1.807, 2.05) is 52.1 Å². The lowest BCUT2D eigenvalue weighted by Crippen LogP contribution is -2.36. The largest absolute Gasteiger partial charge is 0.312 e. The van der Waals surface area contributed by atoms with E-state index < -0.39 is 15.1 Å². The Morgan fingerprint density at radius 1 is 1.15 bits per heavy atom. The first kappa shape index (κ1) is 17.2. The summed E-state index contributed by atoms with van der Waals surface area (Å²) in [6.07, 6.45) is 0.890. The van der Waals surface area contributed by atoms with Crippen LogP contribution in [0.1, 0.15) is 44.4 Å². The maximum atomic E-state index is 12.5. The van der Waals surface area contributed by atoms with Gasteiger partial charge in [-0.2, -0.15) is 0 Å².